The molecule has 29 heavy (non-hydrogen) atoms. The van der Waals surface area contributed by atoms with Crippen molar-refractivity contribution in [3.05, 3.63) is 59.3 Å². The fraction of sp³-hybridized carbons (Fsp3) is 0.300. The first kappa shape index (κ1) is 17.7. The number of amides is 1. The number of nitrogens with zero attached hydrogens (tertiary/aromatic N) is 5. The molecular formula is C20H19FN6O2. The van der Waals surface area contributed by atoms with E-state index < -0.39 is 5.82 Å². The number of fused-ring (bicyclic) bond motifs is 8. The molecule has 2 aliphatic rings. The zero-order valence-electron chi connectivity index (χ0n) is 15.8. The number of carbonyl (C=O) groups excluding carboxylic acids is 1. The van der Waals surface area contributed by atoms with Gasteiger partial charge in [0.25, 0.3) is 5.91 Å². The van der Waals surface area contributed by atoms with Gasteiger partial charge in [0.2, 0.25) is 0 Å². The first-order chi connectivity index (χ1) is 14.1. The number of carbonyl (C=O) groups is 1. The highest BCUT2D eigenvalue weighted by Crippen LogP contribution is 2.34. The van der Waals surface area contributed by atoms with E-state index in [1.807, 2.05) is 19.3 Å². The fourth-order valence-electron chi connectivity index (χ4n) is 3.97. The van der Waals surface area contributed by atoms with E-state index in [0.29, 0.717) is 42.3 Å². The predicted octanol–water partition coefficient (Wildman–Crippen LogP) is 1.84. The van der Waals surface area contributed by atoms with Crippen LogP contribution in [-0.4, -0.2) is 45.6 Å². The van der Waals surface area contributed by atoms with E-state index in [9.17, 15) is 9.18 Å². The second-order valence-corrected chi connectivity index (χ2v) is 7.16. The highest BCUT2D eigenvalue weighted by atomic mass is 19.1. The van der Waals surface area contributed by atoms with Crippen LogP contribution in [-0.2, 0) is 18.3 Å². The van der Waals surface area contributed by atoms with Gasteiger partial charge in [-0.15, -0.1) is 0 Å². The lowest BCUT2D eigenvalue weighted by atomic mass is 9.97. The summed E-state index contributed by atoms with van der Waals surface area (Å²) in [4.78, 5) is 15.1. The summed E-state index contributed by atoms with van der Waals surface area (Å²) in [6.45, 7) is 1.69. The normalized spacial score (nSPS) is 18.6. The smallest absolute Gasteiger partial charge is 0.251 e. The van der Waals surface area contributed by atoms with Crippen LogP contribution in [0.25, 0.3) is 11.3 Å². The molecule has 1 amide bonds. The number of halogens is 1. The fourth-order valence-corrected chi connectivity index (χ4v) is 3.97. The summed E-state index contributed by atoms with van der Waals surface area (Å²) in [5.41, 5.74) is 4.02. The van der Waals surface area contributed by atoms with Gasteiger partial charge in [0.05, 0.1) is 49.1 Å². The van der Waals surface area contributed by atoms with Crippen LogP contribution in [0.2, 0.25) is 0 Å². The van der Waals surface area contributed by atoms with Crippen molar-refractivity contribution in [3.63, 3.8) is 0 Å². The van der Waals surface area contributed by atoms with Gasteiger partial charge in [-0.2, -0.15) is 15.3 Å². The monoisotopic (exact) mass is 394 g/mol. The number of aryl methyl sites for hydroxylation is 1. The average Bonchev–Trinajstić information content (AvgIpc) is 3.12. The van der Waals surface area contributed by atoms with Crippen LogP contribution in [0.4, 0.5) is 10.1 Å². The number of rotatable bonds is 0. The Morgan fingerprint density at radius 1 is 1.28 bits per heavy atom. The van der Waals surface area contributed by atoms with E-state index in [2.05, 4.69) is 25.5 Å². The minimum atomic E-state index is -0.394. The third kappa shape index (κ3) is 3.13. The van der Waals surface area contributed by atoms with Crippen molar-refractivity contribution in [2.24, 2.45) is 7.05 Å². The maximum absolute atomic E-state index is 14.1. The molecule has 148 valence electrons. The molecule has 2 bridgehead atoms. The van der Waals surface area contributed by atoms with Gasteiger partial charge in [-0.3, -0.25) is 9.48 Å². The average molecular weight is 394 g/mol. The van der Waals surface area contributed by atoms with Gasteiger partial charge in [-0.25, -0.2) is 4.39 Å². The first-order valence-electron chi connectivity index (χ1n) is 9.38. The van der Waals surface area contributed by atoms with E-state index in [1.165, 1.54) is 18.2 Å². The molecule has 0 spiro atoms. The number of anilines is 1. The molecule has 5 rings (SSSR count). The summed E-state index contributed by atoms with van der Waals surface area (Å²) >= 11 is 0. The number of morpholine rings is 1. The number of nitrogens with one attached hydrogen (secondary N) is 1. The van der Waals surface area contributed by atoms with E-state index in [0.717, 1.165) is 11.3 Å². The van der Waals surface area contributed by atoms with Gasteiger partial charge in [0.15, 0.2) is 0 Å². The standard InChI is InChI=1S/C20H19FN6O2/c1-26-10-16-17-7-13(8-23-24-17)27-4-5-29-11-19(27)15-6-12(21)2-3-14(15)20(28)22-9-18(16)25-26/h2-3,6-8,10,19H,4-5,9,11H2,1H3,(H,22,28)/t19-/m1/s1. The number of aromatic nitrogens is 4. The van der Waals surface area contributed by atoms with Gasteiger partial charge >= 0.3 is 0 Å². The van der Waals surface area contributed by atoms with Crippen molar-refractivity contribution < 1.29 is 13.9 Å². The largest absolute Gasteiger partial charge is 0.377 e. The molecular weight excluding hydrogens is 375 g/mol. The molecule has 0 radical (unpaired) electrons. The van der Waals surface area contributed by atoms with Crippen molar-refractivity contribution in [2.75, 3.05) is 24.7 Å². The molecule has 9 heteroatoms. The molecule has 4 heterocycles. The molecule has 3 aromatic rings. The van der Waals surface area contributed by atoms with Gasteiger partial charge < -0.3 is 15.0 Å². The molecule has 1 N–H and O–H groups in total. The third-order valence-corrected chi connectivity index (χ3v) is 5.32. The van der Waals surface area contributed by atoms with Crippen LogP contribution < -0.4 is 10.2 Å². The van der Waals surface area contributed by atoms with Gasteiger partial charge in [0, 0.05) is 30.9 Å². The highest BCUT2D eigenvalue weighted by molar-refractivity contribution is 5.96. The summed E-state index contributed by atoms with van der Waals surface area (Å²) in [6, 6.07) is 5.87. The Morgan fingerprint density at radius 2 is 2.17 bits per heavy atom. The van der Waals surface area contributed by atoms with Crippen LogP contribution in [0.15, 0.2) is 36.7 Å². The SMILES string of the molecule is Cn1cc2c(n1)CNC(=O)c1ccc(F)cc1[C@H]1COCCN1c1cnnc-2c1. The van der Waals surface area contributed by atoms with Crippen LogP contribution in [0, 0.1) is 5.82 Å². The number of benzene rings is 1. The molecule has 0 aliphatic carbocycles. The Labute approximate surface area is 166 Å². The van der Waals surface area contributed by atoms with E-state index in [4.69, 9.17) is 4.74 Å². The number of hydrogen-bond acceptors (Lipinski definition) is 6. The highest BCUT2D eigenvalue weighted by Gasteiger charge is 2.30. The predicted molar refractivity (Wildman–Crippen MR) is 103 cm³/mol. The minimum Gasteiger partial charge on any atom is -0.377 e. The van der Waals surface area contributed by atoms with Crippen LogP contribution in [0.1, 0.15) is 27.7 Å². The molecule has 8 nitrogen and oxygen atoms in total. The lowest BCUT2D eigenvalue weighted by Crippen LogP contribution is -2.41. The second-order valence-electron chi connectivity index (χ2n) is 7.16. The maximum atomic E-state index is 14.1. The maximum Gasteiger partial charge on any atom is 0.251 e. The number of ether oxygens (including phenoxy) is 1. The molecule has 0 unspecified atom stereocenters. The molecule has 1 aromatic carbocycles. The van der Waals surface area contributed by atoms with Crippen molar-refractivity contribution in [2.45, 2.75) is 12.6 Å². The molecule has 2 aromatic heterocycles. The van der Waals surface area contributed by atoms with Crippen LogP contribution >= 0.6 is 0 Å². The summed E-state index contributed by atoms with van der Waals surface area (Å²) in [5.74, 6) is -0.674. The quantitative estimate of drug-likeness (QED) is 0.626. The van der Waals surface area contributed by atoms with Crippen molar-refractivity contribution >= 4 is 11.6 Å². The third-order valence-electron chi connectivity index (χ3n) is 5.32. The van der Waals surface area contributed by atoms with Crippen molar-refractivity contribution in [1.29, 1.82) is 0 Å². The van der Waals surface area contributed by atoms with Crippen molar-refractivity contribution in [3.8, 4) is 11.3 Å². The summed E-state index contributed by atoms with van der Waals surface area (Å²) < 4.78 is 21.5. The molecule has 2 aliphatic heterocycles. The zero-order valence-corrected chi connectivity index (χ0v) is 15.8. The van der Waals surface area contributed by atoms with Crippen LogP contribution in [0.5, 0.6) is 0 Å². The Balaban J connectivity index is 1.72. The Kier molecular flexibility index (Phi) is 4.24. The lowest BCUT2D eigenvalue weighted by Gasteiger charge is -2.38. The van der Waals surface area contributed by atoms with E-state index in [1.54, 1.807) is 10.9 Å². The van der Waals surface area contributed by atoms with E-state index in [-0.39, 0.29) is 18.5 Å². The molecule has 1 fully saturated rings. The Morgan fingerprint density at radius 3 is 3.07 bits per heavy atom. The Bertz CT molecular complexity index is 1100. The molecule has 0 saturated carbocycles. The first-order valence-corrected chi connectivity index (χ1v) is 9.38. The second kappa shape index (κ2) is 6.93. The number of hydrogen-bond donors (Lipinski definition) is 1. The summed E-state index contributed by atoms with van der Waals surface area (Å²) in [6.07, 6.45) is 3.55. The van der Waals surface area contributed by atoms with Gasteiger partial charge in [-0.05, 0) is 29.8 Å². The van der Waals surface area contributed by atoms with Gasteiger partial charge in [-0.1, -0.05) is 0 Å². The zero-order chi connectivity index (χ0) is 20.0. The topological polar surface area (TPSA) is 85.2 Å². The summed E-state index contributed by atoms with van der Waals surface area (Å²) in [5, 5.41) is 15.8. The lowest BCUT2D eigenvalue weighted by molar-refractivity contribution is 0.0906. The molecule has 1 atom stereocenters. The molecule has 1 saturated heterocycles. The van der Waals surface area contributed by atoms with Crippen LogP contribution in [0.3, 0.4) is 0 Å². The van der Waals surface area contributed by atoms with Gasteiger partial charge in [0.1, 0.15) is 5.82 Å². The van der Waals surface area contributed by atoms with E-state index >= 15 is 0 Å². The van der Waals surface area contributed by atoms with Crippen molar-refractivity contribution in [1.82, 2.24) is 25.3 Å². The Hall–Kier alpha value is -3.33. The minimum absolute atomic E-state index is 0.225. The summed E-state index contributed by atoms with van der Waals surface area (Å²) in [7, 11) is 1.82.